The number of carbonyl (C=O) groups is 2. The zero-order valence-corrected chi connectivity index (χ0v) is 10.8. The van der Waals surface area contributed by atoms with E-state index in [9.17, 15) is 14.0 Å². The van der Waals surface area contributed by atoms with Gasteiger partial charge < -0.3 is 10.6 Å². The fraction of sp³-hybridized carbons (Fsp3) is 0. The number of rotatable bonds is 2. The molecule has 7 heteroatoms. The van der Waals surface area contributed by atoms with Gasteiger partial charge in [0.2, 0.25) is 0 Å². The van der Waals surface area contributed by atoms with Crippen molar-refractivity contribution < 1.29 is 14.0 Å². The molecule has 0 aliphatic carbocycles. The summed E-state index contributed by atoms with van der Waals surface area (Å²) in [6.45, 7) is 0. The van der Waals surface area contributed by atoms with E-state index in [2.05, 4.69) is 15.6 Å². The van der Waals surface area contributed by atoms with E-state index in [1.807, 2.05) is 0 Å². The van der Waals surface area contributed by atoms with E-state index < -0.39 is 17.6 Å². The first kappa shape index (κ1) is 14.0. The standard InChI is InChI=1S/C13H9ClFN3O2/c14-11-10(5-2-6-16-11)18-13(20)12(19)17-9-4-1-3-8(15)7-9/h1-7H,(H,17,19)(H,18,20). The number of hydrogen-bond acceptors (Lipinski definition) is 3. The maximum Gasteiger partial charge on any atom is 0.314 e. The van der Waals surface area contributed by atoms with Crippen LogP contribution in [0.2, 0.25) is 5.15 Å². The van der Waals surface area contributed by atoms with Gasteiger partial charge in [-0.25, -0.2) is 9.37 Å². The van der Waals surface area contributed by atoms with Gasteiger partial charge in [0, 0.05) is 11.9 Å². The number of nitrogens with one attached hydrogen (secondary N) is 2. The van der Waals surface area contributed by atoms with Gasteiger partial charge in [-0.3, -0.25) is 9.59 Å². The van der Waals surface area contributed by atoms with Crippen LogP contribution in [-0.4, -0.2) is 16.8 Å². The maximum absolute atomic E-state index is 12.9. The van der Waals surface area contributed by atoms with Gasteiger partial charge in [0.15, 0.2) is 5.15 Å². The minimum absolute atomic E-state index is 0.0689. The third-order valence-electron chi connectivity index (χ3n) is 2.30. The molecule has 2 rings (SSSR count). The van der Waals surface area contributed by atoms with Gasteiger partial charge in [-0.05, 0) is 30.3 Å². The summed E-state index contributed by atoms with van der Waals surface area (Å²) in [5, 5.41) is 4.64. The number of carbonyl (C=O) groups excluding carboxylic acids is 2. The van der Waals surface area contributed by atoms with Crippen molar-refractivity contribution in [1.29, 1.82) is 0 Å². The van der Waals surface area contributed by atoms with Crippen LogP contribution in [0.15, 0.2) is 42.6 Å². The van der Waals surface area contributed by atoms with E-state index >= 15 is 0 Å². The van der Waals surface area contributed by atoms with Gasteiger partial charge >= 0.3 is 11.8 Å². The monoisotopic (exact) mass is 293 g/mol. The summed E-state index contributed by atoms with van der Waals surface area (Å²) in [6.07, 6.45) is 1.45. The van der Waals surface area contributed by atoms with Crippen LogP contribution in [0, 0.1) is 5.82 Å². The van der Waals surface area contributed by atoms with Crippen LogP contribution >= 0.6 is 11.6 Å². The molecule has 1 aromatic heterocycles. The summed E-state index contributed by atoms with van der Waals surface area (Å²) in [4.78, 5) is 27.0. The molecular formula is C13H9ClFN3O2. The van der Waals surface area contributed by atoms with Crippen molar-refractivity contribution in [2.24, 2.45) is 0 Å². The number of amides is 2. The molecule has 0 radical (unpaired) electrons. The van der Waals surface area contributed by atoms with E-state index in [0.29, 0.717) is 0 Å². The second-order valence-corrected chi connectivity index (χ2v) is 4.12. The van der Waals surface area contributed by atoms with E-state index in [1.165, 1.54) is 30.5 Å². The molecule has 0 saturated heterocycles. The number of pyridine rings is 1. The molecule has 0 unspecified atom stereocenters. The van der Waals surface area contributed by atoms with Gasteiger partial charge in [-0.1, -0.05) is 17.7 Å². The lowest BCUT2D eigenvalue weighted by molar-refractivity contribution is -0.133. The van der Waals surface area contributed by atoms with Crippen molar-refractivity contribution >= 4 is 34.8 Å². The molecule has 102 valence electrons. The van der Waals surface area contributed by atoms with Crippen LogP contribution < -0.4 is 10.6 Å². The van der Waals surface area contributed by atoms with Gasteiger partial charge in [-0.2, -0.15) is 0 Å². The quantitative estimate of drug-likeness (QED) is 0.660. The molecule has 0 aliphatic rings. The lowest BCUT2D eigenvalue weighted by Gasteiger charge is -2.07. The Kier molecular flexibility index (Phi) is 4.27. The Labute approximate surface area is 118 Å². The Morgan fingerprint density at radius 3 is 2.55 bits per heavy atom. The van der Waals surface area contributed by atoms with E-state index in [0.717, 1.165) is 6.07 Å². The Hall–Kier alpha value is -2.47. The third-order valence-corrected chi connectivity index (χ3v) is 2.60. The summed E-state index contributed by atoms with van der Waals surface area (Å²) in [7, 11) is 0. The smallest absolute Gasteiger partial charge is 0.314 e. The Balaban J connectivity index is 2.03. The second kappa shape index (κ2) is 6.12. The number of nitrogens with zero attached hydrogens (tertiary/aromatic N) is 1. The molecular weight excluding hydrogens is 285 g/mol. The summed E-state index contributed by atoms with van der Waals surface area (Å²) in [6, 6.07) is 8.27. The van der Waals surface area contributed by atoms with Crippen molar-refractivity contribution in [3.63, 3.8) is 0 Å². The van der Waals surface area contributed by atoms with Crippen molar-refractivity contribution in [1.82, 2.24) is 4.98 Å². The minimum Gasteiger partial charge on any atom is -0.318 e. The van der Waals surface area contributed by atoms with Crippen LogP contribution in [-0.2, 0) is 9.59 Å². The SMILES string of the molecule is O=C(Nc1cccc(F)c1)C(=O)Nc1cccnc1Cl. The van der Waals surface area contributed by atoms with Gasteiger partial charge in [0.25, 0.3) is 0 Å². The van der Waals surface area contributed by atoms with Crippen LogP contribution in [0.1, 0.15) is 0 Å². The largest absolute Gasteiger partial charge is 0.318 e. The zero-order valence-electron chi connectivity index (χ0n) is 10.1. The average Bonchev–Trinajstić information content (AvgIpc) is 2.41. The van der Waals surface area contributed by atoms with Crippen LogP contribution in [0.5, 0.6) is 0 Å². The molecule has 2 aromatic rings. The first-order valence-electron chi connectivity index (χ1n) is 5.54. The molecule has 2 amide bonds. The summed E-state index contributed by atoms with van der Waals surface area (Å²) < 4.78 is 12.9. The molecule has 20 heavy (non-hydrogen) atoms. The number of hydrogen-bond donors (Lipinski definition) is 2. The van der Waals surface area contributed by atoms with E-state index in [-0.39, 0.29) is 16.5 Å². The number of anilines is 2. The van der Waals surface area contributed by atoms with Crippen molar-refractivity contribution in [3.05, 3.63) is 53.6 Å². The fourth-order valence-corrected chi connectivity index (χ4v) is 1.58. The van der Waals surface area contributed by atoms with E-state index in [4.69, 9.17) is 11.6 Å². The molecule has 0 atom stereocenters. The summed E-state index contributed by atoms with van der Waals surface area (Å²) in [5.41, 5.74) is 0.399. The maximum atomic E-state index is 12.9. The Morgan fingerprint density at radius 1 is 1.10 bits per heavy atom. The third kappa shape index (κ3) is 3.52. The topological polar surface area (TPSA) is 71.1 Å². The number of halogens is 2. The molecule has 1 aromatic carbocycles. The fourth-order valence-electron chi connectivity index (χ4n) is 1.41. The highest BCUT2D eigenvalue weighted by molar-refractivity contribution is 6.44. The molecule has 0 aliphatic heterocycles. The summed E-state index contributed by atoms with van der Waals surface area (Å²) in [5.74, 6) is -2.38. The molecule has 0 bridgehead atoms. The molecule has 0 spiro atoms. The van der Waals surface area contributed by atoms with Crippen molar-refractivity contribution in [2.45, 2.75) is 0 Å². The van der Waals surface area contributed by atoms with Gasteiger partial charge in [-0.15, -0.1) is 0 Å². The highest BCUT2D eigenvalue weighted by Crippen LogP contribution is 2.17. The second-order valence-electron chi connectivity index (χ2n) is 3.76. The van der Waals surface area contributed by atoms with E-state index in [1.54, 1.807) is 6.07 Å². The van der Waals surface area contributed by atoms with Crippen molar-refractivity contribution in [2.75, 3.05) is 10.6 Å². The predicted molar refractivity (Wildman–Crippen MR) is 72.9 cm³/mol. The van der Waals surface area contributed by atoms with Crippen LogP contribution in [0.25, 0.3) is 0 Å². The minimum atomic E-state index is -0.935. The number of aromatic nitrogens is 1. The normalized spacial score (nSPS) is 9.90. The Morgan fingerprint density at radius 2 is 1.85 bits per heavy atom. The van der Waals surface area contributed by atoms with Crippen LogP contribution in [0.4, 0.5) is 15.8 Å². The first-order chi connectivity index (χ1) is 9.56. The molecule has 0 saturated carbocycles. The molecule has 1 heterocycles. The van der Waals surface area contributed by atoms with Crippen LogP contribution in [0.3, 0.4) is 0 Å². The lowest BCUT2D eigenvalue weighted by Crippen LogP contribution is -2.29. The van der Waals surface area contributed by atoms with Crippen molar-refractivity contribution in [3.8, 4) is 0 Å². The zero-order chi connectivity index (χ0) is 14.5. The molecule has 5 nitrogen and oxygen atoms in total. The predicted octanol–water partition coefficient (Wildman–Crippen LogP) is 2.45. The summed E-state index contributed by atoms with van der Waals surface area (Å²) >= 11 is 5.75. The molecule has 2 N–H and O–H groups in total. The highest BCUT2D eigenvalue weighted by Gasteiger charge is 2.15. The highest BCUT2D eigenvalue weighted by atomic mass is 35.5. The lowest BCUT2D eigenvalue weighted by atomic mass is 10.3. The first-order valence-corrected chi connectivity index (χ1v) is 5.92. The Bertz CT molecular complexity index is 664. The number of benzene rings is 1. The van der Waals surface area contributed by atoms with Gasteiger partial charge in [0.05, 0.1) is 5.69 Å². The molecule has 0 fully saturated rings. The van der Waals surface area contributed by atoms with Gasteiger partial charge in [0.1, 0.15) is 5.82 Å². The average molecular weight is 294 g/mol.